The number of thiocarbonyl (C=S) groups is 1. The van der Waals surface area contributed by atoms with Crippen LogP contribution in [0, 0.1) is 20.8 Å². The summed E-state index contributed by atoms with van der Waals surface area (Å²) in [5, 5.41) is 4.85. The number of aryl methyl sites for hydroxylation is 2. The molecule has 1 aliphatic rings. The van der Waals surface area contributed by atoms with Crippen molar-refractivity contribution >= 4 is 34.6 Å². The van der Waals surface area contributed by atoms with Gasteiger partial charge in [-0.25, -0.2) is 0 Å². The van der Waals surface area contributed by atoms with Gasteiger partial charge in [0, 0.05) is 22.5 Å². The fourth-order valence-corrected chi connectivity index (χ4v) is 4.85. The zero-order valence-corrected chi connectivity index (χ0v) is 20.2. The van der Waals surface area contributed by atoms with E-state index in [2.05, 4.69) is 47.2 Å². The summed E-state index contributed by atoms with van der Waals surface area (Å²) < 4.78 is 6.47. The molecule has 0 bridgehead atoms. The standard InChI is InChI=1S/C27H24ClN3OS/c1-16-10-11-19(15-17(16)2)31-26(25(30-27(31)33)22-9-4-5-14-29-22)24-13-12-23(32-24)20-7-6-8-21(28)18(20)3/h4-15,25-26H,1-3H3,(H,30,33)/t25-,26+/m0/s1. The lowest BCUT2D eigenvalue weighted by Gasteiger charge is -2.26. The van der Waals surface area contributed by atoms with E-state index in [4.69, 9.17) is 28.2 Å². The molecule has 5 rings (SSSR count). The minimum Gasteiger partial charge on any atom is -0.459 e. The number of halogens is 1. The zero-order chi connectivity index (χ0) is 23.1. The van der Waals surface area contributed by atoms with Crippen LogP contribution in [-0.4, -0.2) is 10.1 Å². The highest BCUT2D eigenvalue weighted by Crippen LogP contribution is 2.43. The van der Waals surface area contributed by atoms with E-state index in [0.717, 1.165) is 39.1 Å². The summed E-state index contributed by atoms with van der Waals surface area (Å²) in [6.07, 6.45) is 1.80. The normalized spacial score (nSPS) is 17.9. The summed E-state index contributed by atoms with van der Waals surface area (Å²) in [5.74, 6) is 1.59. The van der Waals surface area contributed by atoms with Gasteiger partial charge in [0.25, 0.3) is 0 Å². The molecule has 0 spiro atoms. The summed E-state index contributed by atoms with van der Waals surface area (Å²) in [7, 11) is 0. The maximum Gasteiger partial charge on any atom is 0.174 e. The van der Waals surface area contributed by atoms with E-state index in [1.54, 1.807) is 6.20 Å². The van der Waals surface area contributed by atoms with Crippen molar-refractivity contribution in [3.05, 3.63) is 106 Å². The molecule has 6 heteroatoms. The van der Waals surface area contributed by atoms with Gasteiger partial charge in [0.1, 0.15) is 17.6 Å². The lowest BCUT2D eigenvalue weighted by molar-refractivity contribution is 0.439. The van der Waals surface area contributed by atoms with Crippen LogP contribution < -0.4 is 10.2 Å². The number of nitrogens with one attached hydrogen (secondary N) is 1. The number of benzene rings is 2. The topological polar surface area (TPSA) is 41.3 Å². The van der Waals surface area contributed by atoms with Crippen LogP contribution in [0.3, 0.4) is 0 Å². The molecule has 33 heavy (non-hydrogen) atoms. The summed E-state index contributed by atoms with van der Waals surface area (Å²) in [6.45, 7) is 6.23. The maximum atomic E-state index is 6.47. The monoisotopic (exact) mass is 473 g/mol. The lowest BCUT2D eigenvalue weighted by atomic mass is 10.0. The number of aromatic nitrogens is 1. The molecule has 4 aromatic rings. The molecular weight excluding hydrogens is 450 g/mol. The Morgan fingerprint density at radius 3 is 2.58 bits per heavy atom. The molecule has 0 aliphatic carbocycles. The van der Waals surface area contributed by atoms with Crippen molar-refractivity contribution in [1.29, 1.82) is 0 Å². The van der Waals surface area contributed by atoms with Crippen molar-refractivity contribution in [1.82, 2.24) is 10.3 Å². The fourth-order valence-electron chi connectivity index (χ4n) is 4.33. The third-order valence-corrected chi connectivity index (χ3v) is 7.04. The Balaban J connectivity index is 1.62. The maximum absolute atomic E-state index is 6.47. The minimum absolute atomic E-state index is 0.153. The van der Waals surface area contributed by atoms with Crippen molar-refractivity contribution in [2.24, 2.45) is 0 Å². The van der Waals surface area contributed by atoms with E-state index in [9.17, 15) is 0 Å². The average molecular weight is 474 g/mol. The number of pyridine rings is 1. The van der Waals surface area contributed by atoms with Gasteiger partial charge in [-0.05, 0) is 92.1 Å². The van der Waals surface area contributed by atoms with Gasteiger partial charge >= 0.3 is 0 Å². The molecule has 4 nitrogen and oxygen atoms in total. The first-order valence-corrected chi connectivity index (χ1v) is 11.7. The molecule has 166 valence electrons. The first-order chi connectivity index (χ1) is 15.9. The highest BCUT2D eigenvalue weighted by Gasteiger charge is 2.42. The second-order valence-corrected chi connectivity index (χ2v) is 9.17. The fraction of sp³-hybridized carbons (Fsp3) is 0.185. The van der Waals surface area contributed by atoms with Crippen LogP contribution in [-0.2, 0) is 0 Å². The van der Waals surface area contributed by atoms with Gasteiger partial charge in [-0.3, -0.25) is 4.98 Å². The van der Waals surface area contributed by atoms with Crippen LogP contribution in [0.25, 0.3) is 11.3 Å². The predicted octanol–water partition coefficient (Wildman–Crippen LogP) is 7.10. The zero-order valence-electron chi connectivity index (χ0n) is 18.7. The lowest BCUT2D eigenvalue weighted by Crippen LogP contribution is -2.29. The molecule has 1 aliphatic heterocycles. The van der Waals surface area contributed by atoms with Gasteiger partial charge in [0.2, 0.25) is 0 Å². The van der Waals surface area contributed by atoms with Gasteiger partial charge < -0.3 is 14.6 Å². The number of hydrogen-bond acceptors (Lipinski definition) is 3. The Labute approximate surface area is 204 Å². The van der Waals surface area contributed by atoms with Crippen molar-refractivity contribution in [2.75, 3.05) is 4.90 Å². The molecule has 0 saturated carbocycles. The molecule has 2 atom stereocenters. The Morgan fingerprint density at radius 1 is 0.970 bits per heavy atom. The van der Waals surface area contributed by atoms with Gasteiger partial charge in [-0.15, -0.1) is 0 Å². The molecule has 2 aromatic heterocycles. The summed E-state index contributed by atoms with van der Waals surface area (Å²) >= 11 is 12.2. The first-order valence-electron chi connectivity index (χ1n) is 10.9. The molecule has 0 radical (unpaired) electrons. The first kappa shape index (κ1) is 21.7. The quantitative estimate of drug-likeness (QED) is 0.320. The highest BCUT2D eigenvalue weighted by molar-refractivity contribution is 7.80. The third-order valence-electron chi connectivity index (χ3n) is 6.32. The number of hydrogen-bond donors (Lipinski definition) is 1. The molecule has 1 saturated heterocycles. The van der Waals surface area contributed by atoms with Crippen LogP contribution in [0.2, 0.25) is 5.02 Å². The van der Waals surface area contributed by atoms with Crippen LogP contribution in [0.5, 0.6) is 0 Å². The van der Waals surface area contributed by atoms with E-state index in [1.165, 1.54) is 11.1 Å². The molecular formula is C27H24ClN3OS. The number of rotatable bonds is 4. The van der Waals surface area contributed by atoms with E-state index < -0.39 is 0 Å². The molecule has 1 N–H and O–H groups in total. The molecule has 0 amide bonds. The molecule has 3 heterocycles. The highest BCUT2D eigenvalue weighted by atomic mass is 35.5. The summed E-state index contributed by atoms with van der Waals surface area (Å²) in [6, 6.07) is 21.9. The van der Waals surface area contributed by atoms with E-state index in [0.29, 0.717) is 5.11 Å². The molecule has 1 fully saturated rings. The largest absolute Gasteiger partial charge is 0.459 e. The number of anilines is 1. The second-order valence-electron chi connectivity index (χ2n) is 8.38. The van der Waals surface area contributed by atoms with Crippen molar-refractivity contribution in [3.8, 4) is 11.3 Å². The Kier molecular flexibility index (Phi) is 5.69. The van der Waals surface area contributed by atoms with Gasteiger partial charge in [-0.2, -0.15) is 0 Å². The van der Waals surface area contributed by atoms with E-state index in [1.807, 2.05) is 55.5 Å². The minimum atomic E-state index is -0.192. The average Bonchev–Trinajstić information content (AvgIpc) is 3.43. The van der Waals surface area contributed by atoms with Crippen LogP contribution >= 0.6 is 23.8 Å². The van der Waals surface area contributed by atoms with Crippen molar-refractivity contribution in [3.63, 3.8) is 0 Å². The Hall–Kier alpha value is -3.15. The van der Waals surface area contributed by atoms with Gasteiger partial charge in [0.15, 0.2) is 5.11 Å². The number of nitrogens with zero attached hydrogens (tertiary/aromatic N) is 2. The van der Waals surface area contributed by atoms with Crippen LogP contribution in [0.1, 0.15) is 40.2 Å². The summed E-state index contributed by atoms with van der Waals surface area (Å²) in [5.41, 5.74) is 6.36. The Morgan fingerprint density at radius 2 is 1.82 bits per heavy atom. The third kappa shape index (κ3) is 3.92. The van der Waals surface area contributed by atoms with Crippen LogP contribution in [0.4, 0.5) is 5.69 Å². The predicted molar refractivity (Wildman–Crippen MR) is 138 cm³/mol. The van der Waals surface area contributed by atoms with Gasteiger partial charge in [-0.1, -0.05) is 35.9 Å². The van der Waals surface area contributed by atoms with E-state index >= 15 is 0 Å². The SMILES string of the molecule is Cc1ccc(N2C(=S)N[C@@H](c3ccccn3)[C@H]2c2ccc(-c3cccc(Cl)c3C)o2)cc1C. The van der Waals surface area contributed by atoms with Gasteiger partial charge in [0.05, 0.1) is 11.7 Å². The molecule has 0 unspecified atom stereocenters. The number of furan rings is 1. The van der Waals surface area contributed by atoms with Crippen molar-refractivity contribution < 1.29 is 4.42 Å². The summed E-state index contributed by atoms with van der Waals surface area (Å²) in [4.78, 5) is 6.75. The van der Waals surface area contributed by atoms with Crippen molar-refractivity contribution in [2.45, 2.75) is 32.9 Å². The van der Waals surface area contributed by atoms with E-state index in [-0.39, 0.29) is 12.1 Å². The smallest absolute Gasteiger partial charge is 0.174 e. The van der Waals surface area contributed by atoms with Crippen LogP contribution in [0.15, 0.2) is 77.3 Å². The molecule has 2 aromatic carbocycles. The Bertz CT molecular complexity index is 1330. The second kappa shape index (κ2) is 8.65.